The van der Waals surface area contributed by atoms with E-state index < -0.39 is 0 Å². The van der Waals surface area contributed by atoms with Gasteiger partial charge in [-0.25, -0.2) is 0 Å². The molecule has 0 atom stereocenters. The molecule has 110 valence electrons. The van der Waals surface area contributed by atoms with Crippen LogP contribution < -0.4 is 10.6 Å². The second-order valence-corrected chi connectivity index (χ2v) is 5.25. The van der Waals surface area contributed by atoms with Gasteiger partial charge in [0.05, 0.1) is 12.2 Å². The Balaban J connectivity index is 1.88. The van der Waals surface area contributed by atoms with Crippen molar-refractivity contribution in [3.8, 4) is 0 Å². The van der Waals surface area contributed by atoms with Crippen LogP contribution in [0.5, 0.6) is 0 Å². The highest BCUT2D eigenvalue weighted by Gasteiger charge is 2.03. The van der Waals surface area contributed by atoms with Crippen LogP contribution in [0.15, 0.2) is 30.3 Å². The van der Waals surface area contributed by atoms with Gasteiger partial charge in [-0.2, -0.15) is 5.10 Å². The summed E-state index contributed by atoms with van der Waals surface area (Å²) in [7, 11) is 1.91. The van der Waals surface area contributed by atoms with Crippen LogP contribution in [0.2, 0.25) is 0 Å². The number of rotatable bonds is 4. The molecule has 0 fully saturated rings. The molecule has 0 amide bonds. The van der Waals surface area contributed by atoms with Crippen molar-refractivity contribution in [3.05, 3.63) is 47.3 Å². The van der Waals surface area contributed by atoms with E-state index >= 15 is 0 Å². The fraction of sp³-hybridized carbons (Fsp3) is 0.267. The first-order valence-corrected chi connectivity index (χ1v) is 7.02. The largest absolute Gasteiger partial charge is 0.357 e. The monoisotopic (exact) mass is 302 g/mol. The maximum absolute atomic E-state index is 11.2. The number of Topliss-reactive ketones (excluding diaryl/α,β-unsaturated/α-hetero) is 1. The molecule has 5 nitrogen and oxygen atoms in total. The molecule has 0 aliphatic rings. The summed E-state index contributed by atoms with van der Waals surface area (Å²) in [6.45, 7) is 4.12. The predicted molar refractivity (Wildman–Crippen MR) is 87.5 cm³/mol. The summed E-state index contributed by atoms with van der Waals surface area (Å²) in [5.74, 6) is 0.0489. The fourth-order valence-electron chi connectivity index (χ4n) is 1.86. The van der Waals surface area contributed by atoms with Crippen molar-refractivity contribution in [2.24, 2.45) is 7.05 Å². The van der Waals surface area contributed by atoms with E-state index in [1.54, 1.807) is 19.1 Å². The Morgan fingerprint density at radius 3 is 2.52 bits per heavy atom. The van der Waals surface area contributed by atoms with Gasteiger partial charge in [0, 0.05) is 24.0 Å². The van der Waals surface area contributed by atoms with E-state index in [0.29, 0.717) is 17.2 Å². The minimum Gasteiger partial charge on any atom is -0.357 e. The van der Waals surface area contributed by atoms with E-state index in [1.165, 1.54) is 0 Å². The van der Waals surface area contributed by atoms with Crippen molar-refractivity contribution >= 4 is 28.8 Å². The van der Waals surface area contributed by atoms with Gasteiger partial charge in [0.1, 0.15) is 0 Å². The number of carbonyl (C=O) groups is 1. The summed E-state index contributed by atoms with van der Waals surface area (Å²) in [6, 6.07) is 9.22. The zero-order valence-corrected chi connectivity index (χ0v) is 13.1. The number of carbonyl (C=O) groups excluding carboxylic acids is 1. The van der Waals surface area contributed by atoms with Gasteiger partial charge in [-0.1, -0.05) is 0 Å². The normalized spacial score (nSPS) is 10.2. The van der Waals surface area contributed by atoms with Crippen molar-refractivity contribution in [2.75, 3.05) is 5.32 Å². The van der Waals surface area contributed by atoms with Gasteiger partial charge < -0.3 is 10.6 Å². The van der Waals surface area contributed by atoms with Crippen LogP contribution >= 0.6 is 12.2 Å². The molecular formula is C15H18N4OS. The number of hydrogen-bond acceptors (Lipinski definition) is 3. The lowest BCUT2D eigenvalue weighted by Gasteiger charge is -2.09. The average Bonchev–Trinajstić information content (AvgIpc) is 2.76. The third-order valence-electron chi connectivity index (χ3n) is 3.14. The van der Waals surface area contributed by atoms with Crippen molar-refractivity contribution in [3.63, 3.8) is 0 Å². The molecule has 0 aliphatic carbocycles. The highest BCUT2D eigenvalue weighted by molar-refractivity contribution is 7.80. The second kappa shape index (κ2) is 6.49. The Morgan fingerprint density at radius 2 is 2.00 bits per heavy atom. The lowest BCUT2D eigenvalue weighted by molar-refractivity contribution is 0.101. The minimum absolute atomic E-state index is 0.0489. The molecule has 21 heavy (non-hydrogen) atoms. The molecule has 0 saturated heterocycles. The number of aryl methyl sites for hydroxylation is 2. The average molecular weight is 302 g/mol. The van der Waals surface area contributed by atoms with E-state index in [4.69, 9.17) is 12.2 Å². The summed E-state index contributed by atoms with van der Waals surface area (Å²) in [4.78, 5) is 11.2. The highest BCUT2D eigenvalue weighted by Crippen LogP contribution is 2.10. The number of nitrogens with zero attached hydrogens (tertiary/aromatic N) is 2. The molecule has 0 spiro atoms. The van der Waals surface area contributed by atoms with Gasteiger partial charge in [-0.3, -0.25) is 9.48 Å². The number of nitrogens with one attached hydrogen (secondary N) is 2. The maximum Gasteiger partial charge on any atom is 0.171 e. The van der Waals surface area contributed by atoms with Crippen LogP contribution in [0.1, 0.15) is 28.7 Å². The molecule has 0 aliphatic heterocycles. The van der Waals surface area contributed by atoms with Gasteiger partial charge >= 0.3 is 0 Å². The van der Waals surface area contributed by atoms with Crippen molar-refractivity contribution < 1.29 is 4.79 Å². The molecule has 6 heteroatoms. The first-order chi connectivity index (χ1) is 9.95. The van der Waals surface area contributed by atoms with Crippen LogP contribution in [0.4, 0.5) is 5.69 Å². The van der Waals surface area contributed by atoms with Gasteiger partial charge in [0.25, 0.3) is 0 Å². The molecule has 1 aromatic heterocycles. The van der Waals surface area contributed by atoms with E-state index in [0.717, 1.165) is 17.1 Å². The van der Waals surface area contributed by atoms with E-state index in [-0.39, 0.29) is 5.78 Å². The van der Waals surface area contributed by atoms with Gasteiger partial charge in [-0.05, 0) is 56.4 Å². The summed E-state index contributed by atoms with van der Waals surface area (Å²) in [6.07, 6.45) is 0. The van der Waals surface area contributed by atoms with Crippen LogP contribution in [-0.4, -0.2) is 20.7 Å². The summed E-state index contributed by atoms with van der Waals surface area (Å²) < 4.78 is 1.83. The Bertz CT molecular complexity index is 641. The number of ketones is 1. The first kappa shape index (κ1) is 15.2. The molecule has 2 N–H and O–H groups in total. The quantitative estimate of drug-likeness (QED) is 0.671. The third kappa shape index (κ3) is 4.13. The van der Waals surface area contributed by atoms with Gasteiger partial charge in [0.2, 0.25) is 0 Å². The molecule has 0 unspecified atom stereocenters. The lowest BCUT2D eigenvalue weighted by Crippen LogP contribution is -2.28. The first-order valence-electron chi connectivity index (χ1n) is 6.61. The molecule has 0 radical (unpaired) electrons. The highest BCUT2D eigenvalue weighted by atomic mass is 32.1. The molecular weight excluding hydrogens is 284 g/mol. The molecule has 0 saturated carbocycles. The molecule has 2 rings (SSSR count). The van der Waals surface area contributed by atoms with Crippen molar-refractivity contribution in [2.45, 2.75) is 20.4 Å². The van der Waals surface area contributed by atoms with Crippen molar-refractivity contribution in [1.82, 2.24) is 15.1 Å². The fourth-order valence-corrected chi connectivity index (χ4v) is 2.05. The number of hydrogen-bond donors (Lipinski definition) is 2. The number of benzene rings is 1. The van der Waals surface area contributed by atoms with Crippen LogP contribution in [0.25, 0.3) is 0 Å². The van der Waals surface area contributed by atoms with E-state index in [1.807, 2.05) is 36.9 Å². The number of aromatic nitrogens is 2. The Hall–Kier alpha value is -2.21. The minimum atomic E-state index is 0.0489. The Labute approximate surface area is 129 Å². The molecule has 0 bridgehead atoms. The Kier molecular flexibility index (Phi) is 4.70. The van der Waals surface area contributed by atoms with Gasteiger partial charge in [0.15, 0.2) is 10.9 Å². The number of anilines is 1. The molecule has 1 heterocycles. The third-order valence-corrected chi connectivity index (χ3v) is 3.39. The SMILES string of the molecule is CC(=O)c1ccc(NC(=S)NCc2cc(C)n(C)n2)cc1. The standard InChI is InChI=1S/C15H18N4OS/c1-10-8-14(18-19(10)3)9-16-15(21)17-13-6-4-12(5-7-13)11(2)20/h4-8H,9H2,1-3H3,(H2,16,17,21). The maximum atomic E-state index is 11.2. The zero-order chi connectivity index (χ0) is 15.4. The van der Waals surface area contributed by atoms with Crippen LogP contribution in [-0.2, 0) is 13.6 Å². The van der Waals surface area contributed by atoms with E-state index in [9.17, 15) is 4.79 Å². The lowest BCUT2D eigenvalue weighted by atomic mass is 10.1. The Morgan fingerprint density at radius 1 is 1.33 bits per heavy atom. The van der Waals surface area contributed by atoms with E-state index in [2.05, 4.69) is 15.7 Å². The van der Waals surface area contributed by atoms with Crippen LogP contribution in [0, 0.1) is 6.92 Å². The summed E-state index contributed by atoms with van der Waals surface area (Å²) >= 11 is 5.24. The molecule has 1 aromatic carbocycles. The van der Waals surface area contributed by atoms with Gasteiger partial charge in [-0.15, -0.1) is 0 Å². The summed E-state index contributed by atoms with van der Waals surface area (Å²) in [5.41, 5.74) is 3.56. The van der Waals surface area contributed by atoms with Crippen molar-refractivity contribution in [1.29, 1.82) is 0 Å². The van der Waals surface area contributed by atoms with Crippen LogP contribution in [0.3, 0.4) is 0 Å². The smallest absolute Gasteiger partial charge is 0.171 e. The summed E-state index contributed by atoms with van der Waals surface area (Å²) in [5, 5.41) is 11.0. The second-order valence-electron chi connectivity index (χ2n) is 4.84. The predicted octanol–water partition coefficient (Wildman–Crippen LogP) is 2.42. The topological polar surface area (TPSA) is 59.0 Å². The zero-order valence-electron chi connectivity index (χ0n) is 12.3. The number of thiocarbonyl (C=S) groups is 1. The molecule has 2 aromatic rings.